The van der Waals surface area contributed by atoms with E-state index in [9.17, 15) is 9.59 Å². The Morgan fingerprint density at radius 2 is 1.80 bits per heavy atom. The molecular weight excluding hydrogens is 340 g/mol. The molecule has 1 N–H and O–H groups in total. The van der Waals surface area contributed by atoms with Gasteiger partial charge in [-0.25, -0.2) is 0 Å². The summed E-state index contributed by atoms with van der Waals surface area (Å²) in [5, 5.41) is 3.03. The minimum absolute atomic E-state index is 0.145. The van der Waals surface area contributed by atoms with Crippen LogP contribution in [0.3, 0.4) is 0 Å². The average Bonchev–Trinajstić information content (AvgIpc) is 2.61. The summed E-state index contributed by atoms with van der Waals surface area (Å²) in [5.41, 5.74) is 2.02. The van der Waals surface area contributed by atoms with Crippen molar-refractivity contribution in [1.29, 1.82) is 0 Å². The van der Waals surface area contributed by atoms with Crippen molar-refractivity contribution in [1.82, 2.24) is 4.90 Å². The molecule has 25 heavy (non-hydrogen) atoms. The average molecular weight is 361 g/mol. The van der Waals surface area contributed by atoms with E-state index in [0.29, 0.717) is 22.0 Å². The van der Waals surface area contributed by atoms with Gasteiger partial charge in [0.05, 0.1) is 10.7 Å². The number of hydrogen-bond acceptors (Lipinski definition) is 3. The largest absolute Gasteiger partial charge is 0.484 e. The fraction of sp³-hybridized carbons (Fsp3) is 0.263. The molecule has 2 rings (SSSR count). The van der Waals surface area contributed by atoms with Crippen molar-refractivity contribution in [3.05, 3.63) is 58.6 Å². The van der Waals surface area contributed by atoms with Gasteiger partial charge in [-0.1, -0.05) is 30.7 Å². The molecule has 0 atom stereocenters. The van der Waals surface area contributed by atoms with E-state index in [1.54, 1.807) is 32.3 Å². The fourth-order valence-electron chi connectivity index (χ4n) is 2.17. The maximum absolute atomic E-state index is 12.1. The maximum Gasteiger partial charge on any atom is 0.262 e. The van der Waals surface area contributed by atoms with Crippen LogP contribution >= 0.6 is 11.6 Å². The van der Waals surface area contributed by atoms with Crippen LogP contribution in [0.2, 0.25) is 5.02 Å². The van der Waals surface area contributed by atoms with Crippen LogP contribution < -0.4 is 10.1 Å². The van der Waals surface area contributed by atoms with Crippen LogP contribution in [0.4, 0.5) is 5.69 Å². The number of amides is 2. The van der Waals surface area contributed by atoms with E-state index in [2.05, 4.69) is 12.2 Å². The number of ether oxygens (including phenoxy) is 1. The number of halogens is 1. The fourth-order valence-corrected chi connectivity index (χ4v) is 2.33. The topological polar surface area (TPSA) is 58.6 Å². The number of benzene rings is 2. The summed E-state index contributed by atoms with van der Waals surface area (Å²) in [7, 11) is 3.32. The van der Waals surface area contributed by atoms with E-state index >= 15 is 0 Å². The minimum Gasteiger partial charge on any atom is -0.484 e. The van der Waals surface area contributed by atoms with Gasteiger partial charge in [0, 0.05) is 19.7 Å². The Kier molecular flexibility index (Phi) is 6.42. The third-order valence-corrected chi connectivity index (χ3v) is 3.92. The number of nitrogens with one attached hydrogen (secondary N) is 1. The van der Waals surface area contributed by atoms with Crippen LogP contribution in [0.25, 0.3) is 0 Å². The second-order valence-corrected chi connectivity index (χ2v) is 6.14. The lowest BCUT2D eigenvalue weighted by Crippen LogP contribution is -2.23. The zero-order chi connectivity index (χ0) is 18.4. The first-order chi connectivity index (χ1) is 11.9. The molecule has 0 heterocycles. The van der Waals surface area contributed by atoms with Gasteiger partial charge in [0.25, 0.3) is 11.8 Å². The van der Waals surface area contributed by atoms with E-state index in [1.165, 1.54) is 10.5 Å². The standard InChI is InChI=1S/C19H21ClN2O3/c1-4-13-5-8-15(9-6-13)25-12-18(23)21-17-11-14(7-10-16(17)20)19(24)22(2)3/h5-11H,4,12H2,1-3H3,(H,21,23). The molecule has 0 unspecified atom stereocenters. The number of anilines is 1. The quantitative estimate of drug-likeness (QED) is 0.855. The molecule has 0 aliphatic carbocycles. The predicted molar refractivity (Wildman–Crippen MR) is 99.4 cm³/mol. The molecule has 132 valence electrons. The Morgan fingerprint density at radius 3 is 2.40 bits per heavy atom. The zero-order valence-electron chi connectivity index (χ0n) is 14.5. The third kappa shape index (κ3) is 5.22. The molecule has 0 fully saturated rings. The number of carbonyl (C=O) groups excluding carboxylic acids is 2. The Morgan fingerprint density at radius 1 is 1.12 bits per heavy atom. The Balaban J connectivity index is 1.99. The molecule has 2 aromatic rings. The van der Waals surface area contributed by atoms with Crippen molar-refractivity contribution < 1.29 is 14.3 Å². The summed E-state index contributed by atoms with van der Waals surface area (Å²) in [6, 6.07) is 12.3. The second-order valence-electron chi connectivity index (χ2n) is 5.73. The number of aryl methyl sites for hydroxylation is 1. The van der Waals surface area contributed by atoms with Gasteiger partial charge >= 0.3 is 0 Å². The van der Waals surface area contributed by atoms with Crippen LogP contribution in [0, 0.1) is 0 Å². The van der Waals surface area contributed by atoms with Crippen LogP contribution in [0.1, 0.15) is 22.8 Å². The van der Waals surface area contributed by atoms with Gasteiger partial charge < -0.3 is 15.0 Å². The van der Waals surface area contributed by atoms with Crippen LogP contribution in [-0.4, -0.2) is 37.4 Å². The number of carbonyl (C=O) groups is 2. The molecule has 2 amide bonds. The molecule has 0 bridgehead atoms. The molecule has 5 nitrogen and oxygen atoms in total. The third-order valence-electron chi connectivity index (χ3n) is 3.60. The lowest BCUT2D eigenvalue weighted by Gasteiger charge is -2.13. The molecule has 0 spiro atoms. The van der Waals surface area contributed by atoms with Crippen LogP contribution in [0.5, 0.6) is 5.75 Å². The van der Waals surface area contributed by atoms with Gasteiger partial charge in [0.15, 0.2) is 6.61 Å². The van der Waals surface area contributed by atoms with Crippen LogP contribution in [0.15, 0.2) is 42.5 Å². The first kappa shape index (κ1) is 18.8. The first-order valence-electron chi connectivity index (χ1n) is 7.93. The lowest BCUT2D eigenvalue weighted by molar-refractivity contribution is -0.118. The number of nitrogens with zero attached hydrogens (tertiary/aromatic N) is 1. The summed E-state index contributed by atoms with van der Waals surface area (Å²) in [4.78, 5) is 25.5. The molecule has 0 aromatic heterocycles. The van der Waals surface area contributed by atoms with E-state index in [0.717, 1.165) is 6.42 Å². The van der Waals surface area contributed by atoms with Gasteiger partial charge in [-0.2, -0.15) is 0 Å². The molecule has 6 heteroatoms. The molecule has 0 aliphatic rings. The Bertz CT molecular complexity index is 758. The highest BCUT2D eigenvalue weighted by molar-refractivity contribution is 6.33. The number of hydrogen-bond donors (Lipinski definition) is 1. The SMILES string of the molecule is CCc1ccc(OCC(=O)Nc2cc(C(=O)N(C)C)ccc2Cl)cc1. The molecule has 0 radical (unpaired) electrons. The van der Waals surface area contributed by atoms with Crippen LogP contribution in [-0.2, 0) is 11.2 Å². The van der Waals surface area contributed by atoms with Gasteiger partial charge in [-0.05, 0) is 42.3 Å². The molecule has 2 aromatic carbocycles. The van der Waals surface area contributed by atoms with Crippen molar-refractivity contribution >= 4 is 29.1 Å². The number of rotatable bonds is 6. The molecular formula is C19H21ClN2O3. The van der Waals surface area contributed by atoms with Gasteiger partial charge in [-0.15, -0.1) is 0 Å². The van der Waals surface area contributed by atoms with Crippen molar-refractivity contribution in [3.8, 4) is 5.75 Å². The van der Waals surface area contributed by atoms with Crippen molar-refractivity contribution in [2.24, 2.45) is 0 Å². The van der Waals surface area contributed by atoms with Crippen molar-refractivity contribution in [3.63, 3.8) is 0 Å². The predicted octanol–water partition coefficient (Wildman–Crippen LogP) is 3.62. The highest BCUT2D eigenvalue weighted by atomic mass is 35.5. The lowest BCUT2D eigenvalue weighted by atomic mass is 10.1. The zero-order valence-corrected chi connectivity index (χ0v) is 15.3. The molecule has 0 saturated carbocycles. The summed E-state index contributed by atoms with van der Waals surface area (Å²) in [6.07, 6.45) is 0.946. The normalized spacial score (nSPS) is 10.2. The Labute approximate surface area is 152 Å². The van der Waals surface area contributed by atoms with Gasteiger partial charge in [-0.3, -0.25) is 9.59 Å². The Hall–Kier alpha value is -2.53. The highest BCUT2D eigenvalue weighted by Gasteiger charge is 2.12. The summed E-state index contributed by atoms with van der Waals surface area (Å²) in [6.45, 7) is 1.93. The summed E-state index contributed by atoms with van der Waals surface area (Å²) < 4.78 is 5.46. The van der Waals surface area contributed by atoms with Gasteiger partial charge in [0.1, 0.15) is 5.75 Å². The first-order valence-corrected chi connectivity index (χ1v) is 8.31. The highest BCUT2D eigenvalue weighted by Crippen LogP contribution is 2.23. The summed E-state index contributed by atoms with van der Waals surface area (Å²) >= 11 is 6.09. The minimum atomic E-state index is -0.351. The summed E-state index contributed by atoms with van der Waals surface area (Å²) in [5.74, 6) is 0.102. The molecule has 0 saturated heterocycles. The van der Waals surface area contributed by atoms with Gasteiger partial charge in [0.2, 0.25) is 0 Å². The van der Waals surface area contributed by atoms with E-state index in [4.69, 9.17) is 16.3 Å². The van der Waals surface area contributed by atoms with Crippen molar-refractivity contribution in [2.45, 2.75) is 13.3 Å². The van der Waals surface area contributed by atoms with E-state index in [-0.39, 0.29) is 18.4 Å². The van der Waals surface area contributed by atoms with Crippen molar-refractivity contribution in [2.75, 3.05) is 26.0 Å². The molecule has 0 aliphatic heterocycles. The van der Waals surface area contributed by atoms with E-state index in [1.807, 2.05) is 24.3 Å². The monoisotopic (exact) mass is 360 g/mol. The smallest absolute Gasteiger partial charge is 0.262 e. The maximum atomic E-state index is 12.1. The van der Waals surface area contributed by atoms with E-state index < -0.39 is 0 Å². The second kappa shape index (κ2) is 8.53.